The van der Waals surface area contributed by atoms with Crippen molar-refractivity contribution in [1.29, 1.82) is 0 Å². The van der Waals surface area contributed by atoms with Crippen LogP contribution in [0.15, 0.2) is 95.7 Å². The first kappa shape index (κ1) is 65.9. The maximum absolute atomic E-state index is 14.2. The monoisotopic (exact) mass is 1250 g/mol. The molecule has 4 bridgehead atoms. The van der Waals surface area contributed by atoms with Crippen molar-refractivity contribution in [2.45, 2.75) is 114 Å². The zero-order valence-corrected chi connectivity index (χ0v) is 49.6. The maximum Gasteiger partial charge on any atom is 0.409 e. The standard InChI is InChI=1S/C57H65ClN8O20S/c1-32-11-10-12-44(82-6)57(75)29-38(84-55(74)61-57)27-46-56(3,86-46)45(28-50(70)64(4)42-24-34(23-32)25-43(81-5)52(42)58)85-51(71)30-83-37-17-14-35(15-18-37)33(2)62-63-53(72)39-19-16-36(26-41(39)66(76)77)59-54(73)40(31-87(78,79)80)60-47(67)13-8-7-9-22-65-48(68)20-21-49(65)69/h10-12,14-21,24-26,38,40,44-46,75H,7-9,13,22-23,27-31H2,1-6H3,(H,59,73)(H,60,67)(H,61,74)(H,63,72)(H,78,79,80)/b12-10+,32-11+,62-33+/t38?,40-,44+,45-,46-,56-,57-/m0/s1. The number of benzene rings is 3. The van der Waals surface area contributed by atoms with Crippen molar-refractivity contribution in [2.24, 2.45) is 5.10 Å². The number of nitro benzene ring substituents is 1. The zero-order chi connectivity index (χ0) is 63.5. The largest absolute Gasteiger partial charge is 0.495 e. The molecule has 2 fully saturated rings. The summed E-state index contributed by atoms with van der Waals surface area (Å²) in [5, 5.41) is 35.0. The van der Waals surface area contributed by atoms with Gasteiger partial charge in [-0.05, 0) is 99.7 Å². The average Bonchev–Trinajstić information content (AvgIpc) is 1.81. The highest BCUT2D eigenvalue weighted by Gasteiger charge is 2.61. The number of unbranched alkanes of at least 4 members (excludes halogenated alkanes) is 2. The molecule has 3 aromatic carbocycles. The number of methoxy groups -OCH3 is 2. The molecule has 2 saturated heterocycles. The lowest BCUT2D eigenvalue weighted by atomic mass is 9.90. The molecule has 4 aliphatic rings. The summed E-state index contributed by atoms with van der Waals surface area (Å²) in [6.45, 7) is 4.49. The molecule has 3 aromatic rings. The Kier molecular flexibility index (Phi) is 21.4. The van der Waals surface area contributed by atoms with Crippen molar-refractivity contribution in [3.8, 4) is 11.5 Å². The topological polar surface area (TPSA) is 380 Å². The second-order valence-corrected chi connectivity index (χ2v) is 22.9. The SMILES string of the molecule is COc1cc2cc(c1Cl)N(C)C(=O)C[C@H](OC(=O)COc1ccc(/C(C)=N/NC(=O)c3ccc(NC(=O)[C@H](CS(=O)(=O)O)NC(=O)CCCCCN4C(=O)C=CC4=O)cc3[N+](=O)[O-])cc1)[C@]1(C)O[C@H]1CC1C[C@@](O)(NC(=O)O1)[C@H](OC)/C=C/C=C(\C)C2. The minimum atomic E-state index is -4.86. The number of rotatable bonds is 21. The molecular weight excluding hydrogens is 1180 g/mol. The first-order chi connectivity index (χ1) is 41.1. The van der Waals surface area contributed by atoms with E-state index in [2.05, 4.69) is 26.5 Å². The van der Waals surface area contributed by atoms with Crippen molar-refractivity contribution >= 4 is 92.0 Å². The predicted molar refractivity (Wildman–Crippen MR) is 310 cm³/mol. The van der Waals surface area contributed by atoms with Crippen LogP contribution in [0.25, 0.3) is 0 Å². The first-order valence-corrected chi connectivity index (χ1v) is 29.1. The third-order valence-electron chi connectivity index (χ3n) is 14.6. The average molecular weight is 1250 g/mol. The van der Waals surface area contributed by atoms with Gasteiger partial charge < -0.3 is 49.1 Å². The molecule has 0 aliphatic carbocycles. The third-order valence-corrected chi connectivity index (χ3v) is 15.8. The Morgan fingerprint density at radius 3 is 2.40 bits per heavy atom. The van der Waals surface area contributed by atoms with Crippen molar-refractivity contribution < 1.29 is 89.8 Å². The third kappa shape index (κ3) is 17.3. The lowest BCUT2D eigenvalue weighted by Crippen LogP contribution is -2.62. The van der Waals surface area contributed by atoms with E-state index < -0.39 is 134 Å². The molecule has 0 aromatic heterocycles. The van der Waals surface area contributed by atoms with E-state index in [1.807, 2.05) is 13.0 Å². The lowest BCUT2D eigenvalue weighted by Gasteiger charge is -2.40. The molecular formula is C57H65ClN8O20S. The molecule has 1 unspecified atom stereocenters. The molecule has 4 aliphatic heterocycles. The van der Waals surface area contributed by atoms with E-state index >= 15 is 0 Å². The van der Waals surface area contributed by atoms with E-state index in [1.165, 1.54) is 57.4 Å². The van der Waals surface area contributed by atoms with Gasteiger partial charge in [-0.25, -0.2) is 15.0 Å². The Bertz CT molecular complexity index is 3430. The number of ether oxygens (including phenoxy) is 6. The van der Waals surface area contributed by atoms with Crippen LogP contribution in [0.1, 0.15) is 87.2 Å². The van der Waals surface area contributed by atoms with Gasteiger partial charge in [0.1, 0.15) is 57.8 Å². The molecule has 7 amide bonds. The van der Waals surface area contributed by atoms with Crippen LogP contribution in [0.5, 0.6) is 11.5 Å². The van der Waals surface area contributed by atoms with Gasteiger partial charge in [0.15, 0.2) is 12.3 Å². The van der Waals surface area contributed by atoms with E-state index in [9.17, 15) is 66.5 Å². The minimum Gasteiger partial charge on any atom is -0.495 e. The van der Waals surface area contributed by atoms with Crippen LogP contribution in [0.2, 0.25) is 5.02 Å². The highest BCUT2D eigenvalue weighted by atomic mass is 35.5. The number of alkyl carbamates (subject to hydrolysis) is 1. The van der Waals surface area contributed by atoms with E-state index in [0.29, 0.717) is 36.3 Å². The van der Waals surface area contributed by atoms with Gasteiger partial charge in [0.2, 0.25) is 17.7 Å². The number of carbonyl (C=O) groups is 8. The molecule has 7 rings (SSSR count). The number of hydrogen-bond acceptors (Lipinski definition) is 20. The van der Waals surface area contributed by atoms with Crippen LogP contribution >= 0.6 is 11.6 Å². The van der Waals surface area contributed by atoms with Gasteiger partial charge in [0.05, 0.1) is 36.0 Å². The van der Waals surface area contributed by atoms with Gasteiger partial charge in [-0.15, -0.1) is 0 Å². The second kappa shape index (κ2) is 28.3. The van der Waals surface area contributed by atoms with Crippen molar-refractivity contribution in [3.63, 3.8) is 0 Å². The summed E-state index contributed by atoms with van der Waals surface area (Å²) < 4.78 is 67.7. The maximum atomic E-state index is 14.2. The van der Waals surface area contributed by atoms with E-state index in [1.54, 1.807) is 31.2 Å². The minimum absolute atomic E-state index is 0.0374. The number of carbonyl (C=O) groups excluding carboxylic acids is 8. The summed E-state index contributed by atoms with van der Waals surface area (Å²) in [5.41, 5.74) is 0.0296. The number of amides is 7. The number of allylic oxidation sites excluding steroid dienone is 3. The Labute approximate surface area is 504 Å². The predicted octanol–water partition coefficient (Wildman–Crippen LogP) is 4.36. The number of nitrogens with zero attached hydrogens (tertiary/aromatic N) is 4. The van der Waals surface area contributed by atoms with E-state index in [0.717, 1.165) is 46.4 Å². The van der Waals surface area contributed by atoms with E-state index in [-0.39, 0.29) is 54.4 Å². The first-order valence-electron chi connectivity index (χ1n) is 27.1. The molecule has 0 saturated carbocycles. The number of hydrazone groups is 1. The quantitative estimate of drug-likeness (QED) is 0.0126. The van der Waals surface area contributed by atoms with Gasteiger partial charge in [-0.3, -0.25) is 53.7 Å². The smallest absolute Gasteiger partial charge is 0.409 e. The number of nitro groups is 1. The van der Waals surface area contributed by atoms with Crippen LogP contribution in [-0.2, 0) is 64.3 Å². The summed E-state index contributed by atoms with van der Waals surface area (Å²) in [5.74, 6) is -6.09. The fourth-order valence-electron chi connectivity index (χ4n) is 9.86. The summed E-state index contributed by atoms with van der Waals surface area (Å²) in [4.78, 5) is 117. The second-order valence-electron chi connectivity index (χ2n) is 21.1. The number of imide groups is 1. The molecule has 28 nitrogen and oxygen atoms in total. The fourth-order valence-corrected chi connectivity index (χ4v) is 10.8. The number of fused-ring (bicyclic) bond motifs is 5. The number of hydrogen-bond donors (Lipinski definition) is 6. The number of anilines is 2. The van der Waals surface area contributed by atoms with Gasteiger partial charge in [-0.1, -0.05) is 41.8 Å². The normalized spacial score (nSPS) is 23.6. The molecule has 30 heteroatoms. The Hall–Kier alpha value is -8.61. The molecule has 7 atom stereocenters. The summed E-state index contributed by atoms with van der Waals surface area (Å²) in [7, 11) is -0.510. The molecule has 0 spiro atoms. The zero-order valence-electron chi connectivity index (χ0n) is 48.1. The van der Waals surface area contributed by atoms with Gasteiger partial charge in [0, 0.05) is 63.9 Å². The fraction of sp³-hybridized carbons (Fsp3) is 0.421. The number of epoxide rings is 1. The van der Waals surface area contributed by atoms with Crippen LogP contribution in [0, 0.1) is 10.1 Å². The molecule has 4 heterocycles. The number of nitrogens with one attached hydrogen (secondary N) is 4. The lowest BCUT2D eigenvalue weighted by molar-refractivity contribution is -0.385. The van der Waals surface area contributed by atoms with Gasteiger partial charge in [0.25, 0.3) is 33.5 Å². The van der Waals surface area contributed by atoms with Crippen LogP contribution in [-0.4, -0.2) is 163 Å². The van der Waals surface area contributed by atoms with Crippen LogP contribution in [0.4, 0.5) is 21.9 Å². The van der Waals surface area contributed by atoms with Crippen LogP contribution < -0.4 is 35.7 Å². The van der Waals surface area contributed by atoms with E-state index in [4.69, 9.17) is 40.0 Å². The van der Waals surface area contributed by atoms with Crippen molar-refractivity contribution in [1.82, 2.24) is 21.0 Å². The number of aliphatic hydroxyl groups is 1. The number of halogens is 1. The van der Waals surface area contributed by atoms with Gasteiger partial charge in [-0.2, -0.15) is 13.5 Å². The highest BCUT2D eigenvalue weighted by Crippen LogP contribution is 2.47. The Morgan fingerprint density at radius 1 is 1.02 bits per heavy atom. The van der Waals surface area contributed by atoms with Crippen molar-refractivity contribution in [3.05, 3.63) is 122 Å². The molecule has 466 valence electrons. The summed E-state index contributed by atoms with van der Waals surface area (Å²) >= 11 is 6.78. The molecule has 0 radical (unpaired) electrons. The number of esters is 1. The van der Waals surface area contributed by atoms with Crippen molar-refractivity contribution in [2.75, 3.05) is 50.4 Å². The summed E-state index contributed by atoms with van der Waals surface area (Å²) in [6, 6.07) is 10.5. The highest BCUT2D eigenvalue weighted by molar-refractivity contribution is 7.85. The van der Waals surface area contributed by atoms with Gasteiger partial charge >= 0.3 is 12.1 Å². The summed E-state index contributed by atoms with van der Waals surface area (Å²) in [6.07, 6.45) is 3.28. The molecule has 6 N–H and O–H groups in total. The van der Waals surface area contributed by atoms with Crippen LogP contribution in [0.3, 0.4) is 0 Å². The Balaban J connectivity index is 0.972. The molecule has 87 heavy (non-hydrogen) atoms. The Morgan fingerprint density at radius 2 is 1.74 bits per heavy atom.